The Morgan fingerprint density at radius 3 is 2.50 bits per heavy atom. The van der Waals surface area contributed by atoms with Gasteiger partial charge in [-0.1, -0.05) is 30.3 Å². The second-order valence-corrected chi connectivity index (χ2v) is 5.93. The summed E-state index contributed by atoms with van der Waals surface area (Å²) in [7, 11) is 3.22. The van der Waals surface area contributed by atoms with E-state index in [1.165, 1.54) is 4.90 Å². The number of aliphatic hydroxyl groups is 1. The molecule has 0 saturated heterocycles. The van der Waals surface area contributed by atoms with Crippen LogP contribution in [0.1, 0.15) is 18.6 Å². The molecule has 6 heteroatoms. The van der Waals surface area contributed by atoms with Crippen molar-refractivity contribution < 1.29 is 19.4 Å². The zero-order chi connectivity index (χ0) is 19.1. The number of benzene rings is 2. The Balaban J connectivity index is 2.24. The van der Waals surface area contributed by atoms with Crippen LogP contribution in [0.2, 0.25) is 0 Å². The van der Waals surface area contributed by atoms with E-state index in [0.717, 1.165) is 16.9 Å². The minimum atomic E-state index is -1.15. The highest BCUT2D eigenvalue weighted by Gasteiger charge is 2.23. The van der Waals surface area contributed by atoms with Crippen LogP contribution in [0.5, 0.6) is 5.75 Å². The molecule has 0 bridgehead atoms. The van der Waals surface area contributed by atoms with E-state index in [-0.39, 0.29) is 0 Å². The minimum absolute atomic E-state index is 0.410. The van der Waals surface area contributed by atoms with E-state index in [9.17, 15) is 14.7 Å². The van der Waals surface area contributed by atoms with Crippen LogP contribution in [0.15, 0.2) is 48.5 Å². The molecule has 2 N–H and O–H groups in total. The predicted molar refractivity (Wildman–Crippen MR) is 100 cm³/mol. The molecule has 0 aliphatic carbocycles. The Morgan fingerprint density at radius 2 is 1.88 bits per heavy atom. The number of nitrogens with zero attached hydrogens (tertiary/aromatic N) is 1. The monoisotopic (exact) mass is 356 g/mol. The van der Waals surface area contributed by atoms with Crippen molar-refractivity contribution in [3.8, 4) is 16.9 Å². The van der Waals surface area contributed by atoms with Crippen LogP contribution in [-0.2, 0) is 4.79 Å². The van der Waals surface area contributed by atoms with Crippen molar-refractivity contribution >= 4 is 12.3 Å². The van der Waals surface area contributed by atoms with Gasteiger partial charge in [-0.2, -0.15) is 0 Å². The third kappa shape index (κ3) is 4.61. The first-order chi connectivity index (χ1) is 12.5. The molecule has 2 aromatic rings. The molecule has 0 fully saturated rings. The van der Waals surface area contributed by atoms with Gasteiger partial charge in [-0.15, -0.1) is 0 Å². The number of carbonyl (C=O) groups is 2. The second-order valence-electron chi connectivity index (χ2n) is 5.93. The van der Waals surface area contributed by atoms with Crippen molar-refractivity contribution in [1.82, 2.24) is 10.2 Å². The maximum atomic E-state index is 12.0. The van der Waals surface area contributed by atoms with Gasteiger partial charge in [-0.25, -0.2) is 4.79 Å². The number of hydrogen-bond acceptors (Lipinski definition) is 4. The lowest BCUT2D eigenvalue weighted by atomic mass is 9.97. The smallest absolute Gasteiger partial charge is 0.317 e. The molecule has 0 aliphatic rings. The van der Waals surface area contributed by atoms with Gasteiger partial charge in [0.2, 0.25) is 0 Å². The fourth-order valence-corrected chi connectivity index (χ4v) is 2.50. The van der Waals surface area contributed by atoms with Crippen LogP contribution >= 0.6 is 0 Å². The van der Waals surface area contributed by atoms with Crippen LogP contribution < -0.4 is 10.1 Å². The summed E-state index contributed by atoms with van der Waals surface area (Å²) >= 11 is 0. The van der Waals surface area contributed by atoms with Gasteiger partial charge < -0.3 is 24.9 Å². The number of nitrogens with one attached hydrogen (secondary N) is 1. The number of aldehydes is 1. The van der Waals surface area contributed by atoms with Crippen LogP contribution in [0.4, 0.5) is 4.79 Å². The quantitative estimate of drug-likeness (QED) is 0.748. The number of amides is 2. The fourth-order valence-electron chi connectivity index (χ4n) is 2.50. The first kappa shape index (κ1) is 19.5. The molecule has 0 heterocycles. The number of ether oxygens (including phenoxy) is 1. The first-order valence-electron chi connectivity index (χ1n) is 8.39. The molecule has 2 unspecified atom stereocenters. The molecule has 138 valence electrons. The number of carbonyl (C=O) groups excluding carboxylic acids is 2. The summed E-state index contributed by atoms with van der Waals surface area (Å²) in [5, 5.41) is 13.1. The second kappa shape index (κ2) is 9.01. The summed E-state index contributed by atoms with van der Waals surface area (Å²) in [6, 6.07) is 13.3. The summed E-state index contributed by atoms with van der Waals surface area (Å²) in [5.74, 6) is 0.731. The summed E-state index contributed by atoms with van der Waals surface area (Å²) in [6.07, 6.45) is -0.600. The van der Waals surface area contributed by atoms with Gasteiger partial charge in [0.05, 0.1) is 7.11 Å². The maximum Gasteiger partial charge on any atom is 0.317 e. The van der Waals surface area contributed by atoms with Gasteiger partial charge >= 0.3 is 6.03 Å². The van der Waals surface area contributed by atoms with E-state index in [0.29, 0.717) is 18.4 Å². The summed E-state index contributed by atoms with van der Waals surface area (Å²) in [5.41, 5.74) is 2.35. The molecule has 0 aliphatic heterocycles. The highest BCUT2D eigenvalue weighted by molar-refractivity contribution is 5.78. The molecule has 0 spiro atoms. The van der Waals surface area contributed by atoms with Gasteiger partial charge in [0.25, 0.3) is 0 Å². The number of methoxy groups -OCH3 is 1. The van der Waals surface area contributed by atoms with Gasteiger partial charge in [0.1, 0.15) is 24.2 Å². The highest BCUT2D eigenvalue weighted by atomic mass is 16.5. The molecule has 2 amide bonds. The van der Waals surface area contributed by atoms with Crippen LogP contribution in [0, 0.1) is 0 Å². The SMILES string of the molecule is CCN(C)C(=O)NC(C=O)C(O)c1cccc(-c2cccc(OC)c2)c1. The Bertz CT molecular complexity index is 763. The molecule has 2 atom stereocenters. The van der Waals surface area contributed by atoms with Crippen molar-refractivity contribution in [2.75, 3.05) is 20.7 Å². The zero-order valence-corrected chi connectivity index (χ0v) is 15.2. The predicted octanol–water partition coefficient (Wildman–Crippen LogP) is 2.62. The Hall–Kier alpha value is -2.86. The first-order valence-corrected chi connectivity index (χ1v) is 8.39. The molecular formula is C20H24N2O4. The third-order valence-electron chi connectivity index (χ3n) is 4.23. The van der Waals surface area contributed by atoms with E-state index in [4.69, 9.17) is 4.74 Å². The van der Waals surface area contributed by atoms with Crippen molar-refractivity contribution in [2.45, 2.75) is 19.1 Å². The molecule has 0 aromatic heterocycles. The molecule has 6 nitrogen and oxygen atoms in total. The average Bonchev–Trinajstić information content (AvgIpc) is 2.70. The van der Waals surface area contributed by atoms with E-state index in [2.05, 4.69) is 5.32 Å². The van der Waals surface area contributed by atoms with Crippen molar-refractivity contribution in [3.63, 3.8) is 0 Å². The molecule has 0 radical (unpaired) electrons. The van der Waals surface area contributed by atoms with Crippen LogP contribution in [0.25, 0.3) is 11.1 Å². The lowest BCUT2D eigenvalue weighted by molar-refractivity contribution is -0.111. The third-order valence-corrected chi connectivity index (χ3v) is 4.23. The zero-order valence-electron chi connectivity index (χ0n) is 15.2. The lowest BCUT2D eigenvalue weighted by Gasteiger charge is -2.23. The van der Waals surface area contributed by atoms with E-state index < -0.39 is 18.2 Å². The molecular weight excluding hydrogens is 332 g/mol. The standard InChI is InChI=1S/C20H24N2O4/c1-4-22(2)20(25)21-18(13-23)19(24)16-9-5-7-14(11-16)15-8-6-10-17(12-15)26-3/h5-13,18-19,24H,4H2,1-3H3,(H,21,25). The van der Waals surface area contributed by atoms with E-state index >= 15 is 0 Å². The number of urea groups is 1. The summed E-state index contributed by atoms with van der Waals surface area (Å²) in [4.78, 5) is 24.8. The molecule has 0 saturated carbocycles. The van der Waals surface area contributed by atoms with Crippen LogP contribution in [-0.4, -0.2) is 49.1 Å². The van der Waals surface area contributed by atoms with Crippen molar-refractivity contribution in [1.29, 1.82) is 0 Å². The van der Waals surface area contributed by atoms with E-state index in [1.807, 2.05) is 37.3 Å². The largest absolute Gasteiger partial charge is 0.497 e. The average molecular weight is 356 g/mol. The molecule has 2 rings (SSSR count). The van der Waals surface area contributed by atoms with Gasteiger partial charge in [-0.05, 0) is 41.8 Å². The normalized spacial score (nSPS) is 12.8. The van der Waals surface area contributed by atoms with Crippen LogP contribution in [0.3, 0.4) is 0 Å². The maximum absolute atomic E-state index is 12.0. The lowest BCUT2D eigenvalue weighted by Crippen LogP contribution is -2.46. The van der Waals surface area contributed by atoms with Gasteiger partial charge in [-0.3, -0.25) is 0 Å². The molecule has 2 aromatic carbocycles. The van der Waals surface area contributed by atoms with Crippen molar-refractivity contribution in [2.24, 2.45) is 0 Å². The number of rotatable bonds is 7. The minimum Gasteiger partial charge on any atom is -0.497 e. The summed E-state index contributed by atoms with van der Waals surface area (Å²) < 4.78 is 5.24. The fraction of sp³-hybridized carbons (Fsp3) is 0.300. The summed E-state index contributed by atoms with van der Waals surface area (Å²) in [6.45, 7) is 2.32. The van der Waals surface area contributed by atoms with E-state index in [1.54, 1.807) is 32.4 Å². The van der Waals surface area contributed by atoms with Gasteiger partial charge in [0, 0.05) is 13.6 Å². The Kier molecular flexibility index (Phi) is 6.74. The highest BCUT2D eigenvalue weighted by Crippen LogP contribution is 2.27. The number of aliphatic hydroxyl groups excluding tert-OH is 1. The Labute approximate surface area is 153 Å². The Morgan fingerprint density at radius 1 is 1.23 bits per heavy atom. The van der Waals surface area contributed by atoms with Gasteiger partial charge in [0.15, 0.2) is 0 Å². The topological polar surface area (TPSA) is 78.9 Å². The molecule has 26 heavy (non-hydrogen) atoms. The number of hydrogen-bond donors (Lipinski definition) is 2. The van der Waals surface area contributed by atoms with Crippen molar-refractivity contribution in [3.05, 3.63) is 54.1 Å².